The molecule has 1 aliphatic rings. The number of alkyl halides is 3. The van der Waals surface area contributed by atoms with Gasteiger partial charge < -0.3 is 4.98 Å². The number of nitrogens with one attached hydrogen (secondary N) is 1. The third-order valence-electron chi connectivity index (χ3n) is 6.19. The van der Waals surface area contributed by atoms with Gasteiger partial charge in [0.25, 0.3) is 0 Å². The van der Waals surface area contributed by atoms with Crippen molar-refractivity contribution in [1.82, 2.24) is 9.29 Å². The maximum atomic E-state index is 14.3. The molecule has 2 atom stereocenters. The fourth-order valence-corrected chi connectivity index (χ4v) is 6.21. The van der Waals surface area contributed by atoms with Gasteiger partial charge in [0.05, 0.1) is 16.9 Å². The van der Waals surface area contributed by atoms with E-state index < -0.39 is 34.7 Å². The summed E-state index contributed by atoms with van der Waals surface area (Å²) in [4.78, 5) is 3.09. The first kappa shape index (κ1) is 21.7. The predicted molar refractivity (Wildman–Crippen MR) is 120 cm³/mol. The van der Waals surface area contributed by atoms with Gasteiger partial charge in [0.15, 0.2) is 0 Å². The van der Waals surface area contributed by atoms with Crippen LogP contribution >= 0.6 is 0 Å². The first-order chi connectivity index (χ1) is 15.7. The minimum Gasteiger partial charge on any atom is -0.357 e. The second-order valence-corrected chi connectivity index (χ2v) is 10.2. The van der Waals surface area contributed by atoms with E-state index in [-0.39, 0.29) is 16.2 Å². The van der Waals surface area contributed by atoms with Crippen LogP contribution in [0.1, 0.15) is 34.3 Å². The zero-order chi connectivity index (χ0) is 23.4. The quantitative estimate of drug-likeness (QED) is 0.404. The molecule has 0 radical (unpaired) electrons. The van der Waals surface area contributed by atoms with Crippen LogP contribution in [0.3, 0.4) is 0 Å². The van der Waals surface area contributed by atoms with Crippen LogP contribution in [0.4, 0.5) is 13.2 Å². The molecule has 4 nitrogen and oxygen atoms in total. The first-order valence-corrected chi connectivity index (χ1v) is 11.9. The van der Waals surface area contributed by atoms with Crippen LogP contribution in [0.25, 0.3) is 10.9 Å². The molecule has 0 unspecified atom stereocenters. The van der Waals surface area contributed by atoms with Crippen LogP contribution < -0.4 is 0 Å². The monoisotopic (exact) mass is 470 g/mol. The summed E-state index contributed by atoms with van der Waals surface area (Å²) in [5.74, 6) is -1.95. The van der Waals surface area contributed by atoms with Gasteiger partial charge in [-0.25, -0.2) is 8.42 Å². The molecule has 0 spiro atoms. The lowest BCUT2D eigenvalue weighted by Gasteiger charge is -2.39. The number of aromatic amines is 1. The van der Waals surface area contributed by atoms with Crippen molar-refractivity contribution < 1.29 is 21.6 Å². The highest BCUT2D eigenvalue weighted by molar-refractivity contribution is 7.89. The van der Waals surface area contributed by atoms with Crippen molar-refractivity contribution in [1.29, 1.82) is 0 Å². The van der Waals surface area contributed by atoms with Gasteiger partial charge in [-0.2, -0.15) is 17.5 Å². The Bertz CT molecular complexity index is 1410. The smallest absolute Gasteiger partial charge is 0.357 e. The third kappa shape index (κ3) is 3.63. The summed E-state index contributed by atoms with van der Waals surface area (Å²) < 4.78 is 71.4. The molecule has 0 bridgehead atoms. The zero-order valence-electron chi connectivity index (χ0n) is 17.7. The van der Waals surface area contributed by atoms with Gasteiger partial charge in [0.1, 0.15) is 0 Å². The van der Waals surface area contributed by atoms with E-state index in [1.54, 1.807) is 66.7 Å². The fourth-order valence-electron chi connectivity index (χ4n) is 4.61. The molecule has 170 valence electrons. The van der Waals surface area contributed by atoms with Crippen molar-refractivity contribution in [2.75, 3.05) is 6.54 Å². The Morgan fingerprint density at radius 3 is 2.21 bits per heavy atom. The van der Waals surface area contributed by atoms with E-state index in [4.69, 9.17) is 0 Å². The lowest BCUT2D eigenvalue weighted by molar-refractivity contribution is -0.154. The molecule has 1 aliphatic heterocycles. The number of hydrogen-bond acceptors (Lipinski definition) is 2. The number of halogens is 3. The van der Waals surface area contributed by atoms with E-state index in [1.165, 1.54) is 12.1 Å². The van der Waals surface area contributed by atoms with Gasteiger partial charge in [-0.3, -0.25) is 0 Å². The summed E-state index contributed by atoms with van der Waals surface area (Å²) in [6.07, 6.45) is -4.62. The Hall–Kier alpha value is -3.10. The SMILES string of the molecule is Cc1ccc(S(=O)(=O)N2C[C@@H](C(F)(F)F)c3c([nH]c4ccccc34)[C@@H]2c2ccccc2)cc1. The summed E-state index contributed by atoms with van der Waals surface area (Å²) in [6.45, 7) is 1.12. The number of aromatic nitrogens is 1. The molecule has 0 amide bonds. The molecule has 1 aromatic heterocycles. The number of hydrogen-bond donors (Lipinski definition) is 1. The molecule has 0 saturated heterocycles. The Kier molecular flexibility index (Phi) is 5.10. The van der Waals surface area contributed by atoms with Gasteiger partial charge in [-0.15, -0.1) is 0 Å². The maximum absolute atomic E-state index is 14.3. The summed E-state index contributed by atoms with van der Waals surface area (Å²) in [7, 11) is -4.24. The van der Waals surface area contributed by atoms with Crippen molar-refractivity contribution in [3.63, 3.8) is 0 Å². The highest BCUT2D eigenvalue weighted by Crippen LogP contribution is 2.50. The summed E-state index contributed by atoms with van der Waals surface area (Å²) in [5, 5.41) is 0.461. The Morgan fingerprint density at radius 2 is 1.55 bits per heavy atom. The van der Waals surface area contributed by atoms with E-state index in [2.05, 4.69) is 4.98 Å². The predicted octanol–water partition coefficient (Wildman–Crippen LogP) is 5.92. The first-order valence-electron chi connectivity index (χ1n) is 10.5. The molecule has 5 rings (SSSR count). The number of fused-ring (bicyclic) bond motifs is 3. The molecular formula is C25H21F3N2O2S. The molecule has 2 heterocycles. The van der Waals surface area contributed by atoms with Gasteiger partial charge in [0, 0.05) is 23.1 Å². The number of nitrogens with zero attached hydrogens (tertiary/aromatic N) is 1. The molecule has 0 saturated carbocycles. The van der Waals surface area contributed by atoms with Crippen LogP contribution in [0.5, 0.6) is 0 Å². The van der Waals surface area contributed by atoms with Crippen LogP contribution in [0, 0.1) is 6.92 Å². The van der Waals surface area contributed by atoms with Crippen LogP contribution in [0.2, 0.25) is 0 Å². The lowest BCUT2D eigenvalue weighted by atomic mass is 9.86. The minimum atomic E-state index is -4.62. The van der Waals surface area contributed by atoms with E-state index in [1.807, 2.05) is 6.92 Å². The fraction of sp³-hybridized carbons (Fsp3) is 0.200. The second kappa shape index (κ2) is 7.74. The van der Waals surface area contributed by atoms with Gasteiger partial charge in [-0.05, 0) is 36.2 Å². The number of rotatable bonds is 3. The van der Waals surface area contributed by atoms with Crippen molar-refractivity contribution in [2.45, 2.75) is 30.0 Å². The van der Waals surface area contributed by atoms with E-state index in [9.17, 15) is 21.6 Å². The Balaban J connectivity index is 1.79. The second-order valence-electron chi connectivity index (χ2n) is 8.29. The average molecular weight is 471 g/mol. The summed E-state index contributed by atoms with van der Waals surface area (Å²) in [5.41, 5.74) is 2.38. The molecule has 0 aliphatic carbocycles. The molecule has 4 aromatic rings. The van der Waals surface area contributed by atoms with Crippen molar-refractivity contribution in [3.8, 4) is 0 Å². The van der Waals surface area contributed by atoms with Gasteiger partial charge in [0.2, 0.25) is 10.0 Å². The normalized spacial score (nSPS) is 19.5. The van der Waals surface area contributed by atoms with Crippen LogP contribution in [-0.4, -0.2) is 30.4 Å². The molecule has 3 aromatic carbocycles. The lowest BCUT2D eigenvalue weighted by Crippen LogP contribution is -2.45. The van der Waals surface area contributed by atoms with Crippen molar-refractivity contribution in [2.24, 2.45) is 0 Å². The number of para-hydroxylation sites is 1. The maximum Gasteiger partial charge on any atom is 0.397 e. The Morgan fingerprint density at radius 1 is 0.909 bits per heavy atom. The molecule has 8 heteroatoms. The molecule has 0 fully saturated rings. The number of H-pyrrole nitrogens is 1. The molecule has 1 N–H and O–H groups in total. The number of sulfonamides is 1. The van der Waals surface area contributed by atoms with Crippen molar-refractivity contribution >= 4 is 20.9 Å². The third-order valence-corrected chi connectivity index (χ3v) is 8.03. The highest BCUT2D eigenvalue weighted by Gasteiger charge is 2.52. The minimum absolute atomic E-state index is 0.0329. The molecule has 33 heavy (non-hydrogen) atoms. The van der Waals surface area contributed by atoms with Crippen LogP contribution in [0.15, 0.2) is 83.8 Å². The summed E-state index contributed by atoms with van der Waals surface area (Å²) >= 11 is 0. The van der Waals surface area contributed by atoms with Gasteiger partial charge in [-0.1, -0.05) is 66.2 Å². The van der Waals surface area contributed by atoms with Crippen molar-refractivity contribution in [3.05, 3.63) is 101 Å². The number of benzene rings is 3. The standard InChI is InChI=1S/C25H21F3N2O2S/c1-16-11-13-18(14-12-16)33(31,32)30-15-20(25(26,27)28)22-19-9-5-6-10-21(19)29-23(22)24(30)17-7-3-2-4-8-17/h2-14,20,24,29H,15H2,1H3/t20-,24+/m1/s1. The molecular weight excluding hydrogens is 449 g/mol. The van der Waals surface area contributed by atoms with E-state index in [0.29, 0.717) is 16.5 Å². The van der Waals surface area contributed by atoms with E-state index >= 15 is 0 Å². The summed E-state index contributed by atoms with van der Waals surface area (Å²) in [6, 6.07) is 20.8. The van der Waals surface area contributed by atoms with Gasteiger partial charge >= 0.3 is 6.18 Å². The highest BCUT2D eigenvalue weighted by atomic mass is 32.2. The number of aryl methyl sites for hydroxylation is 1. The zero-order valence-corrected chi connectivity index (χ0v) is 18.5. The van der Waals surface area contributed by atoms with Crippen LogP contribution in [-0.2, 0) is 10.0 Å². The topological polar surface area (TPSA) is 53.2 Å². The largest absolute Gasteiger partial charge is 0.397 e. The Labute approximate surface area is 189 Å². The average Bonchev–Trinajstić information content (AvgIpc) is 3.17. The van der Waals surface area contributed by atoms with E-state index in [0.717, 1.165) is 9.87 Å².